The van der Waals surface area contributed by atoms with Gasteiger partial charge in [-0.25, -0.2) is 0 Å². The summed E-state index contributed by atoms with van der Waals surface area (Å²) in [6.45, 7) is 4.00. The third-order valence-electron chi connectivity index (χ3n) is 2.18. The van der Waals surface area contributed by atoms with Gasteiger partial charge in [0.05, 0.1) is 7.11 Å². The minimum atomic E-state index is -0.311. The van der Waals surface area contributed by atoms with Crippen molar-refractivity contribution in [1.29, 1.82) is 0 Å². The second-order valence-corrected chi connectivity index (χ2v) is 3.96. The monoisotopic (exact) mass is 222 g/mol. The summed E-state index contributed by atoms with van der Waals surface area (Å²) >= 11 is 0. The fourth-order valence-corrected chi connectivity index (χ4v) is 1.51. The van der Waals surface area contributed by atoms with Gasteiger partial charge in [0.25, 0.3) is 0 Å². The third-order valence-corrected chi connectivity index (χ3v) is 2.18. The van der Waals surface area contributed by atoms with E-state index in [1.54, 1.807) is 12.4 Å². The predicted molar refractivity (Wildman–Crippen MR) is 62.0 cm³/mol. The van der Waals surface area contributed by atoms with Crippen LogP contribution in [-0.4, -0.2) is 30.1 Å². The van der Waals surface area contributed by atoms with Crippen LogP contribution >= 0.6 is 0 Å². The van der Waals surface area contributed by atoms with Crippen LogP contribution in [-0.2, 0) is 16.0 Å². The topological polar surface area (TPSA) is 51.2 Å². The lowest BCUT2D eigenvalue weighted by molar-refractivity contribution is -0.143. The number of aromatic nitrogens is 1. The first-order valence-electron chi connectivity index (χ1n) is 5.36. The molecule has 16 heavy (non-hydrogen) atoms. The number of rotatable bonds is 5. The molecule has 0 amide bonds. The van der Waals surface area contributed by atoms with Crippen molar-refractivity contribution in [3.05, 3.63) is 30.1 Å². The van der Waals surface area contributed by atoms with E-state index >= 15 is 0 Å². The van der Waals surface area contributed by atoms with Crippen molar-refractivity contribution in [2.75, 3.05) is 7.11 Å². The van der Waals surface area contributed by atoms with Crippen LogP contribution in [0.3, 0.4) is 0 Å². The fourth-order valence-electron chi connectivity index (χ4n) is 1.51. The lowest BCUT2D eigenvalue weighted by Crippen LogP contribution is -2.43. The normalized spacial score (nSPS) is 12.5. The molecule has 1 unspecified atom stereocenters. The van der Waals surface area contributed by atoms with Crippen molar-refractivity contribution >= 4 is 5.97 Å². The van der Waals surface area contributed by atoms with E-state index in [4.69, 9.17) is 4.74 Å². The zero-order chi connectivity index (χ0) is 12.0. The summed E-state index contributed by atoms with van der Waals surface area (Å²) in [7, 11) is 1.40. The molecule has 0 aliphatic rings. The van der Waals surface area contributed by atoms with E-state index in [0.29, 0.717) is 6.42 Å². The van der Waals surface area contributed by atoms with Gasteiger partial charge in [0.2, 0.25) is 0 Å². The molecule has 1 N–H and O–H groups in total. The summed E-state index contributed by atoms with van der Waals surface area (Å²) in [6.07, 6.45) is 4.07. The van der Waals surface area contributed by atoms with Crippen molar-refractivity contribution < 1.29 is 9.53 Å². The number of carbonyl (C=O) groups excluding carboxylic acids is 1. The molecule has 0 fully saturated rings. The molecule has 4 heteroatoms. The molecule has 1 aromatic rings. The Balaban J connectivity index is 2.67. The summed E-state index contributed by atoms with van der Waals surface area (Å²) in [6, 6.07) is 3.74. The van der Waals surface area contributed by atoms with Gasteiger partial charge in [-0.3, -0.25) is 9.78 Å². The molecule has 88 valence electrons. The Morgan fingerprint density at radius 2 is 2.31 bits per heavy atom. The van der Waals surface area contributed by atoms with Crippen LogP contribution < -0.4 is 5.32 Å². The molecule has 1 rings (SSSR count). The van der Waals surface area contributed by atoms with Crippen LogP contribution in [0.4, 0.5) is 0 Å². The fraction of sp³-hybridized carbons (Fsp3) is 0.500. The summed E-state index contributed by atoms with van der Waals surface area (Å²) < 4.78 is 4.76. The Labute approximate surface area is 96.0 Å². The third kappa shape index (κ3) is 3.98. The maximum absolute atomic E-state index is 11.5. The molecule has 4 nitrogen and oxygen atoms in total. The van der Waals surface area contributed by atoms with Gasteiger partial charge in [0.15, 0.2) is 0 Å². The molecule has 1 aromatic heterocycles. The Kier molecular flexibility index (Phi) is 4.92. The van der Waals surface area contributed by atoms with Crippen LogP contribution in [0.25, 0.3) is 0 Å². The number of hydrogen-bond acceptors (Lipinski definition) is 4. The predicted octanol–water partition coefficient (Wildman–Crippen LogP) is 1.16. The molecule has 1 atom stereocenters. The standard InChI is InChI=1S/C12H18N2O2/c1-9(2)14-11(12(15)16-3)7-10-5-4-6-13-8-10/h4-6,8-9,11,14H,7H2,1-3H3. The molecular weight excluding hydrogens is 204 g/mol. The highest BCUT2D eigenvalue weighted by atomic mass is 16.5. The van der Waals surface area contributed by atoms with Crippen molar-refractivity contribution in [3.63, 3.8) is 0 Å². The first-order valence-corrected chi connectivity index (χ1v) is 5.36. The summed E-state index contributed by atoms with van der Waals surface area (Å²) in [5, 5.41) is 3.18. The highest BCUT2D eigenvalue weighted by Crippen LogP contribution is 2.03. The molecule has 0 spiro atoms. The molecule has 0 aromatic carbocycles. The van der Waals surface area contributed by atoms with Gasteiger partial charge in [-0.05, 0) is 18.1 Å². The number of esters is 1. The average molecular weight is 222 g/mol. The van der Waals surface area contributed by atoms with E-state index in [1.807, 2.05) is 26.0 Å². The minimum Gasteiger partial charge on any atom is -0.468 e. The molecule has 1 heterocycles. The van der Waals surface area contributed by atoms with Crippen molar-refractivity contribution in [3.8, 4) is 0 Å². The number of ether oxygens (including phenoxy) is 1. The smallest absolute Gasteiger partial charge is 0.323 e. The maximum Gasteiger partial charge on any atom is 0.323 e. The molecule has 0 aliphatic carbocycles. The van der Waals surface area contributed by atoms with Gasteiger partial charge in [0.1, 0.15) is 6.04 Å². The number of pyridine rings is 1. The highest BCUT2D eigenvalue weighted by Gasteiger charge is 2.19. The number of nitrogens with zero attached hydrogens (tertiary/aromatic N) is 1. The molecular formula is C12H18N2O2. The average Bonchev–Trinajstić information content (AvgIpc) is 2.28. The first-order chi connectivity index (χ1) is 7.63. The largest absolute Gasteiger partial charge is 0.468 e. The molecule has 0 saturated heterocycles. The Bertz CT molecular complexity index is 325. The van der Waals surface area contributed by atoms with E-state index in [1.165, 1.54) is 7.11 Å². The number of hydrogen-bond donors (Lipinski definition) is 1. The molecule has 0 saturated carbocycles. The van der Waals surface area contributed by atoms with Gasteiger partial charge in [-0.2, -0.15) is 0 Å². The molecule has 0 aliphatic heterocycles. The second-order valence-electron chi connectivity index (χ2n) is 3.96. The van der Waals surface area contributed by atoms with Crippen molar-refractivity contribution in [2.24, 2.45) is 0 Å². The molecule has 0 bridgehead atoms. The van der Waals surface area contributed by atoms with Crippen LogP contribution in [0.5, 0.6) is 0 Å². The van der Waals surface area contributed by atoms with Crippen LogP contribution in [0.1, 0.15) is 19.4 Å². The lowest BCUT2D eigenvalue weighted by Gasteiger charge is -2.18. The van der Waals surface area contributed by atoms with E-state index < -0.39 is 0 Å². The van der Waals surface area contributed by atoms with E-state index in [-0.39, 0.29) is 18.1 Å². The van der Waals surface area contributed by atoms with Gasteiger partial charge in [0, 0.05) is 18.4 Å². The summed E-state index contributed by atoms with van der Waals surface area (Å²) in [5.74, 6) is -0.238. The van der Waals surface area contributed by atoms with Crippen LogP contribution in [0, 0.1) is 0 Å². The van der Waals surface area contributed by atoms with E-state index in [9.17, 15) is 4.79 Å². The van der Waals surface area contributed by atoms with Crippen LogP contribution in [0.2, 0.25) is 0 Å². The Hall–Kier alpha value is -1.42. The summed E-state index contributed by atoms with van der Waals surface area (Å²) in [4.78, 5) is 15.6. The number of methoxy groups -OCH3 is 1. The SMILES string of the molecule is COC(=O)C(Cc1cccnc1)NC(C)C. The first kappa shape index (κ1) is 12.6. The van der Waals surface area contributed by atoms with E-state index in [2.05, 4.69) is 10.3 Å². The van der Waals surface area contributed by atoms with Gasteiger partial charge in [-0.15, -0.1) is 0 Å². The van der Waals surface area contributed by atoms with E-state index in [0.717, 1.165) is 5.56 Å². The zero-order valence-electron chi connectivity index (χ0n) is 9.93. The van der Waals surface area contributed by atoms with Gasteiger partial charge >= 0.3 is 5.97 Å². The maximum atomic E-state index is 11.5. The highest BCUT2D eigenvalue weighted by molar-refractivity contribution is 5.76. The number of nitrogens with one attached hydrogen (secondary N) is 1. The summed E-state index contributed by atoms with van der Waals surface area (Å²) in [5.41, 5.74) is 1.02. The van der Waals surface area contributed by atoms with Crippen LogP contribution in [0.15, 0.2) is 24.5 Å². The van der Waals surface area contributed by atoms with Gasteiger partial charge < -0.3 is 10.1 Å². The lowest BCUT2D eigenvalue weighted by atomic mass is 10.1. The van der Waals surface area contributed by atoms with Crippen molar-refractivity contribution in [2.45, 2.75) is 32.4 Å². The second kappa shape index (κ2) is 6.23. The Morgan fingerprint density at radius 1 is 1.56 bits per heavy atom. The van der Waals surface area contributed by atoms with Gasteiger partial charge in [-0.1, -0.05) is 19.9 Å². The Morgan fingerprint density at radius 3 is 2.81 bits per heavy atom. The quantitative estimate of drug-likeness (QED) is 0.760. The van der Waals surface area contributed by atoms with Crippen molar-refractivity contribution in [1.82, 2.24) is 10.3 Å². The number of carbonyl (C=O) groups is 1. The molecule has 0 radical (unpaired) electrons. The minimum absolute atomic E-state index is 0.237. The zero-order valence-corrected chi connectivity index (χ0v) is 9.93.